The summed E-state index contributed by atoms with van der Waals surface area (Å²) in [6, 6.07) is 61.6. The van der Waals surface area contributed by atoms with E-state index in [1.54, 1.807) is 0 Å². The van der Waals surface area contributed by atoms with Gasteiger partial charge in [0.25, 0.3) is 0 Å². The van der Waals surface area contributed by atoms with Crippen molar-refractivity contribution in [1.29, 1.82) is 0 Å². The molecule has 10 heteroatoms. The summed E-state index contributed by atoms with van der Waals surface area (Å²) in [6.45, 7) is 2.19. The van der Waals surface area contributed by atoms with E-state index >= 15 is 0 Å². The number of hydrogen-bond donors (Lipinski definition) is 0. The number of fused-ring (bicyclic) bond motifs is 2. The van der Waals surface area contributed by atoms with Gasteiger partial charge in [-0.2, -0.15) is 0 Å². The number of rotatable bonds is 2. The van der Waals surface area contributed by atoms with E-state index in [4.69, 9.17) is 19.9 Å². The molecule has 0 atom stereocenters. The van der Waals surface area contributed by atoms with Crippen LogP contribution in [0.1, 0.15) is 43.0 Å². The van der Waals surface area contributed by atoms with Crippen LogP contribution in [-0.4, -0.2) is 45.9 Å². The average Bonchev–Trinajstić information content (AvgIpc) is 3.89. The molecule has 0 fully saturated rings. The monoisotopic (exact) mass is 864 g/mol. The van der Waals surface area contributed by atoms with Crippen LogP contribution in [0.15, 0.2) is 182 Å². The molecule has 0 N–H and O–H groups in total. The number of esters is 2. The van der Waals surface area contributed by atoms with E-state index < -0.39 is 11.9 Å². The number of methoxy groups -OCH3 is 2. The number of carbonyl (C=O) groups is 2. The van der Waals surface area contributed by atoms with E-state index in [0.29, 0.717) is 37.3 Å². The van der Waals surface area contributed by atoms with Gasteiger partial charge in [-0.05, 0) is 91.0 Å². The molecule has 2 aromatic heterocycles. The van der Waals surface area contributed by atoms with Crippen LogP contribution >= 0.6 is 0 Å². The van der Waals surface area contributed by atoms with Crippen LogP contribution in [-0.2, 0) is 35.7 Å². The van der Waals surface area contributed by atoms with Crippen molar-refractivity contribution in [3.63, 3.8) is 0 Å². The molecule has 0 radical (unpaired) electrons. The van der Waals surface area contributed by atoms with Crippen LogP contribution in [0.2, 0.25) is 0 Å². The molecule has 0 spiro atoms. The highest BCUT2D eigenvalue weighted by Crippen LogP contribution is 2.36. The van der Waals surface area contributed by atoms with Crippen molar-refractivity contribution < 1.29 is 28.4 Å². The molecule has 7 aliphatic rings. The lowest BCUT2D eigenvalue weighted by Gasteiger charge is -2.14. The summed E-state index contributed by atoms with van der Waals surface area (Å²) in [5.74, 6) is -0.787. The third kappa shape index (κ3) is 7.38. The fourth-order valence-electron chi connectivity index (χ4n) is 9.28. The number of carbonyl (C=O) groups excluding carboxylic acids is 2. The maximum atomic E-state index is 13.6. The van der Waals surface area contributed by atoms with E-state index in [1.165, 1.54) is 14.2 Å². The van der Waals surface area contributed by atoms with Gasteiger partial charge in [-0.25, -0.2) is 9.59 Å². The summed E-state index contributed by atoms with van der Waals surface area (Å²) in [6.07, 6.45) is 0. The average molecular weight is 865 g/mol. The second-order valence-electron chi connectivity index (χ2n) is 16.6. The van der Waals surface area contributed by atoms with Crippen LogP contribution in [0.3, 0.4) is 0 Å². The van der Waals surface area contributed by atoms with Crippen LogP contribution in [0.5, 0.6) is 0 Å². The second kappa shape index (κ2) is 16.9. The molecule has 0 aliphatic carbocycles. The minimum atomic E-state index is -0.393. The minimum Gasteiger partial charge on any atom is -0.465 e. The summed E-state index contributed by atoms with van der Waals surface area (Å²) in [4.78, 5) is 27.2. The number of para-hydroxylation sites is 4. The van der Waals surface area contributed by atoms with Gasteiger partial charge < -0.3 is 9.47 Å². The maximum absolute atomic E-state index is 13.6. The smallest absolute Gasteiger partial charge is 0.339 e. The third-order valence-corrected chi connectivity index (χ3v) is 12.6. The first kappa shape index (κ1) is 40.3. The molecule has 16 bridgehead atoms. The normalized spacial score (nSPS) is 12.3. The molecule has 8 aromatic carbocycles. The number of aromatic nitrogens is 6. The molecule has 9 heterocycles. The highest BCUT2D eigenvalue weighted by atomic mass is 16.5. The topological polar surface area (TPSA) is 96.0 Å². The van der Waals surface area contributed by atoms with Gasteiger partial charge in [0.2, 0.25) is 0 Å². The maximum Gasteiger partial charge on any atom is 0.339 e. The lowest BCUT2D eigenvalue weighted by atomic mass is 9.91. The highest BCUT2D eigenvalue weighted by molar-refractivity contribution is 6.05. The van der Waals surface area contributed by atoms with Crippen molar-refractivity contribution in [3.8, 4) is 44.5 Å². The lowest BCUT2D eigenvalue weighted by molar-refractivity contribution is -0.724. The van der Waals surface area contributed by atoms with E-state index in [2.05, 4.69) is 121 Å². The van der Waals surface area contributed by atoms with Crippen molar-refractivity contribution in [2.45, 2.75) is 26.2 Å². The van der Waals surface area contributed by atoms with Gasteiger partial charge >= 0.3 is 11.9 Å². The Morgan fingerprint density at radius 3 is 1.06 bits per heavy atom. The number of hydrogen-bond acceptors (Lipinski definition) is 6. The van der Waals surface area contributed by atoms with Gasteiger partial charge in [-0.3, -0.25) is 0 Å². The fraction of sp³-hybridized carbons (Fsp3) is 0.107. The van der Waals surface area contributed by atoms with Gasteiger partial charge in [0, 0.05) is 0 Å². The predicted octanol–water partition coefficient (Wildman–Crippen LogP) is 9.71. The first-order valence-electron chi connectivity index (χ1n) is 21.9. The van der Waals surface area contributed by atoms with Crippen molar-refractivity contribution in [2.75, 3.05) is 14.2 Å². The van der Waals surface area contributed by atoms with Gasteiger partial charge in [0.1, 0.15) is 26.2 Å². The molecule has 0 saturated carbocycles. The van der Waals surface area contributed by atoms with Crippen molar-refractivity contribution >= 4 is 34.0 Å². The quantitative estimate of drug-likeness (QED) is 0.127. The Morgan fingerprint density at radius 1 is 0.409 bits per heavy atom. The molecular formula is C56H44N6O4+2. The summed E-state index contributed by atoms with van der Waals surface area (Å²) in [5, 5.41) is 10.2. The fourth-order valence-corrected chi connectivity index (χ4v) is 9.28. The van der Waals surface area contributed by atoms with E-state index in [1.807, 2.05) is 79.4 Å². The molecule has 0 unspecified atom stereocenters. The second-order valence-corrected chi connectivity index (χ2v) is 16.6. The first-order chi connectivity index (χ1) is 32.4. The Labute approximate surface area is 381 Å². The SMILES string of the molecule is COC(=O)c1c2cccc1-c1ccc(cc1)Cn1n[n+](c3ccccc31)Cc1ccc(cc1)-c1cccc(c1C(=O)OC)-c1ccc(cc1)C[n+]1nn(c3ccccc31)Cc1ccc-2cc1. The predicted molar refractivity (Wildman–Crippen MR) is 254 cm³/mol. The molecule has 0 saturated heterocycles. The van der Waals surface area contributed by atoms with Crippen LogP contribution in [0, 0.1) is 0 Å². The summed E-state index contributed by atoms with van der Waals surface area (Å²) >= 11 is 0. The molecule has 7 aliphatic heterocycles. The summed E-state index contributed by atoms with van der Waals surface area (Å²) in [7, 11) is 2.86. The van der Waals surface area contributed by atoms with Crippen molar-refractivity contribution in [3.05, 3.63) is 215 Å². The van der Waals surface area contributed by atoms with Gasteiger partial charge in [0.05, 0.1) is 35.8 Å². The standard InChI is InChI=1S/C56H44N6O4/c1-65-55(63)53-45-9-7-10-46(53)42-27-19-38(20-28-42)34-60-50-14-4-6-16-52(50)62(58-60)36-40-23-31-44(32-24-40)48-12-8-11-47(54(48)56(64)66-2)43-29-21-39(22-30-43)35-61-51-15-5-3-13-49(51)59(57-61)33-37-17-25-41(45)26-18-37/h3-32H,33-36H2,1-2H3/q+2. The van der Waals surface area contributed by atoms with E-state index in [-0.39, 0.29) is 0 Å². The van der Waals surface area contributed by atoms with Crippen molar-refractivity contribution in [2.24, 2.45) is 0 Å². The molecule has 320 valence electrons. The van der Waals surface area contributed by atoms with Gasteiger partial charge in [-0.15, -0.1) is 18.7 Å². The number of nitrogens with zero attached hydrogens (tertiary/aromatic N) is 6. The Bertz CT molecular complexity index is 3030. The third-order valence-electron chi connectivity index (χ3n) is 12.6. The number of benzene rings is 8. The Balaban J connectivity index is 1.03. The Kier molecular flexibility index (Phi) is 10.3. The molecule has 10 nitrogen and oxygen atoms in total. The van der Waals surface area contributed by atoms with Crippen LogP contribution < -0.4 is 9.36 Å². The zero-order valence-corrected chi connectivity index (χ0v) is 36.5. The molecule has 17 rings (SSSR count). The first-order valence-corrected chi connectivity index (χ1v) is 21.9. The summed E-state index contributed by atoms with van der Waals surface area (Å²) < 4.78 is 18.9. The van der Waals surface area contributed by atoms with Crippen LogP contribution in [0.4, 0.5) is 0 Å². The molecule has 66 heavy (non-hydrogen) atoms. The molecule has 10 aromatic rings. The zero-order chi connectivity index (χ0) is 44.7. The Morgan fingerprint density at radius 2 is 0.727 bits per heavy atom. The minimum absolute atomic E-state index is 0.393. The van der Waals surface area contributed by atoms with Gasteiger partial charge in [-0.1, -0.05) is 158 Å². The largest absolute Gasteiger partial charge is 0.465 e. The lowest BCUT2D eigenvalue weighted by Crippen LogP contribution is -2.37. The highest BCUT2D eigenvalue weighted by Gasteiger charge is 2.24. The zero-order valence-electron chi connectivity index (χ0n) is 36.5. The van der Waals surface area contributed by atoms with Crippen LogP contribution in [0.25, 0.3) is 66.6 Å². The van der Waals surface area contributed by atoms with Gasteiger partial charge in [0.15, 0.2) is 22.1 Å². The van der Waals surface area contributed by atoms with E-state index in [9.17, 15) is 9.59 Å². The Hall–Kier alpha value is -8.50. The number of ether oxygens (including phenoxy) is 2. The molecular weight excluding hydrogens is 821 g/mol. The van der Waals surface area contributed by atoms with E-state index in [0.717, 1.165) is 88.8 Å². The molecule has 0 amide bonds. The summed E-state index contributed by atoms with van der Waals surface area (Å²) in [5.41, 5.74) is 16.2. The van der Waals surface area contributed by atoms with Crippen molar-refractivity contribution in [1.82, 2.24) is 19.8 Å².